The van der Waals surface area contributed by atoms with Crippen molar-refractivity contribution in [2.24, 2.45) is 0 Å². The predicted octanol–water partition coefficient (Wildman–Crippen LogP) is 11.1. The molecule has 0 aromatic rings. The lowest BCUT2D eigenvalue weighted by molar-refractivity contribution is 0.364. The maximum atomic E-state index is 15.8. The van der Waals surface area contributed by atoms with E-state index in [1.807, 2.05) is 0 Å². The molecular formula is C26H58FO3PS2. The second-order valence-corrected chi connectivity index (χ2v) is 17.9. The molecule has 0 aliphatic carbocycles. The van der Waals surface area contributed by atoms with Gasteiger partial charge in [-0.15, -0.1) is 24.8 Å². The number of halogens is 1. The molecule has 204 valence electrons. The van der Waals surface area contributed by atoms with Gasteiger partial charge in [-0.05, 0) is 73.0 Å². The van der Waals surface area contributed by atoms with Gasteiger partial charge in [-0.25, -0.2) is 12.5 Å². The van der Waals surface area contributed by atoms with Crippen molar-refractivity contribution in [1.82, 2.24) is 0 Å². The van der Waals surface area contributed by atoms with E-state index in [1.165, 1.54) is 38.5 Å². The van der Waals surface area contributed by atoms with E-state index in [9.17, 15) is 4.57 Å². The lowest BCUT2D eigenvalue weighted by atomic mass is 10.2. The average Bonchev–Trinajstić information content (AvgIpc) is 2.73. The summed E-state index contributed by atoms with van der Waals surface area (Å²) in [6.07, 6.45) is 15.4. The van der Waals surface area contributed by atoms with Gasteiger partial charge in [0.15, 0.2) is 0 Å². The van der Waals surface area contributed by atoms with E-state index in [4.69, 9.17) is 7.94 Å². The zero-order valence-corrected chi connectivity index (χ0v) is 25.5. The van der Waals surface area contributed by atoms with Crippen LogP contribution in [0.5, 0.6) is 0 Å². The summed E-state index contributed by atoms with van der Waals surface area (Å²) in [4.78, 5) is 0. The molecule has 0 atom stereocenters. The SMILES string of the molecule is CCCCCCCS(CCC)(CCC)OP(=O)(F)OS(CCC)(CCC)CCCCCCC. The van der Waals surface area contributed by atoms with Gasteiger partial charge >= 0.3 is 7.91 Å². The largest absolute Gasteiger partial charge is 0.532 e. The third kappa shape index (κ3) is 15.5. The summed E-state index contributed by atoms with van der Waals surface area (Å²) >= 11 is 0. The first-order chi connectivity index (χ1) is 15.8. The van der Waals surface area contributed by atoms with Crippen molar-refractivity contribution in [3.8, 4) is 0 Å². The van der Waals surface area contributed by atoms with E-state index >= 15 is 4.20 Å². The molecule has 0 saturated heterocycles. The second-order valence-electron chi connectivity index (χ2n) is 9.56. The number of rotatable bonds is 24. The zero-order chi connectivity index (χ0) is 25.1. The van der Waals surface area contributed by atoms with Crippen molar-refractivity contribution in [1.29, 1.82) is 0 Å². The monoisotopic (exact) mass is 532 g/mol. The molecule has 7 heteroatoms. The van der Waals surface area contributed by atoms with Crippen molar-refractivity contribution in [2.45, 2.75) is 131 Å². The Morgan fingerprint density at radius 1 is 0.485 bits per heavy atom. The highest BCUT2D eigenvalue weighted by Gasteiger charge is 2.41. The third-order valence-electron chi connectivity index (χ3n) is 6.04. The Morgan fingerprint density at radius 3 is 1.06 bits per heavy atom. The molecule has 0 heterocycles. The molecule has 0 amide bonds. The Kier molecular flexibility index (Phi) is 20.4. The van der Waals surface area contributed by atoms with Crippen molar-refractivity contribution in [2.75, 3.05) is 34.5 Å². The van der Waals surface area contributed by atoms with Gasteiger partial charge in [-0.2, -0.15) is 0 Å². The van der Waals surface area contributed by atoms with Crippen LogP contribution in [-0.2, 0) is 12.5 Å². The third-order valence-corrected chi connectivity index (χ3v) is 16.7. The number of unbranched alkanes of at least 4 members (excludes halogenated alkanes) is 8. The fraction of sp³-hybridized carbons (Fsp3) is 1.00. The summed E-state index contributed by atoms with van der Waals surface area (Å²) in [6, 6.07) is 0. The Bertz CT molecular complexity index is 456. The van der Waals surface area contributed by atoms with E-state index in [-0.39, 0.29) is 0 Å². The maximum Gasteiger partial charge on any atom is 0.532 e. The normalized spacial score (nSPS) is 14.0. The molecule has 0 radical (unpaired) electrons. The van der Waals surface area contributed by atoms with Crippen molar-refractivity contribution >= 4 is 28.5 Å². The Hall–Kier alpha value is 0.780. The van der Waals surface area contributed by atoms with Gasteiger partial charge in [-0.3, -0.25) is 0 Å². The molecule has 33 heavy (non-hydrogen) atoms. The van der Waals surface area contributed by atoms with Crippen LogP contribution in [0.1, 0.15) is 131 Å². The Labute approximate surface area is 210 Å². The van der Waals surface area contributed by atoms with Crippen molar-refractivity contribution < 1.29 is 16.7 Å². The zero-order valence-electron chi connectivity index (χ0n) is 23.0. The molecule has 0 spiro atoms. The highest BCUT2D eigenvalue weighted by atomic mass is 32.3. The van der Waals surface area contributed by atoms with Crippen molar-refractivity contribution in [3.05, 3.63) is 0 Å². The van der Waals surface area contributed by atoms with Gasteiger partial charge in [0, 0.05) is 0 Å². The highest BCUT2D eigenvalue weighted by molar-refractivity contribution is 8.33. The molecule has 3 nitrogen and oxygen atoms in total. The lowest BCUT2D eigenvalue weighted by Crippen LogP contribution is -2.19. The molecule has 0 N–H and O–H groups in total. The summed E-state index contributed by atoms with van der Waals surface area (Å²) in [7, 11) is -8.06. The molecule has 0 bridgehead atoms. The summed E-state index contributed by atoms with van der Waals surface area (Å²) in [5, 5.41) is 0. The first kappa shape index (κ1) is 33.8. The van der Waals surface area contributed by atoms with Crippen LogP contribution in [0.3, 0.4) is 0 Å². The van der Waals surface area contributed by atoms with Gasteiger partial charge in [0.05, 0.1) is 0 Å². The van der Waals surface area contributed by atoms with E-state index < -0.39 is 28.5 Å². The predicted molar refractivity (Wildman–Crippen MR) is 154 cm³/mol. The minimum atomic E-state index is -4.60. The summed E-state index contributed by atoms with van der Waals surface area (Å²) < 4.78 is 41.3. The Morgan fingerprint density at radius 2 is 0.788 bits per heavy atom. The van der Waals surface area contributed by atoms with Gasteiger partial charge in [-0.1, -0.05) is 92.9 Å². The second kappa shape index (κ2) is 19.9. The topological polar surface area (TPSA) is 35.5 Å². The smallest absolute Gasteiger partial charge is 0.233 e. The van der Waals surface area contributed by atoms with Gasteiger partial charge in [0.1, 0.15) is 0 Å². The number of hydrogen-bond donors (Lipinski definition) is 0. The highest BCUT2D eigenvalue weighted by Crippen LogP contribution is 2.73. The van der Waals surface area contributed by atoms with Crippen LogP contribution < -0.4 is 0 Å². The summed E-state index contributed by atoms with van der Waals surface area (Å²) in [5.74, 6) is 5.02. The van der Waals surface area contributed by atoms with E-state index in [0.717, 1.165) is 85.9 Å². The summed E-state index contributed by atoms with van der Waals surface area (Å²) in [5.41, 5.74) is 0. The van der Waals surface area contributed by atoms with Crippen LogP contribution in [0.25, 0.3) is 0 Å². The fourth-order valence-corrected chi connectivity index (χ4v) is 15.4. The standard InChI is InChI=1S/C26H58FO3PS2/c1-7-13-15-17-19-25-32(21-9-3,22-10-4)29-31(27,28)30-33(23-11-5,24-12-6)26-20-18-16-14-8-2/h7-26H2,1-6H3. The molecule has 0 unspecified atom stereocenters. The van der Waals surface area contributed by atoms with Crippen LogP contribution in [0.15, 0.2) is 0 Å². The molecule has 0 aromatic heterocycles. The quantitative estimate of drug-likeness (QED) is 0.0916. The van der Waals surface area contributed by atoms with Gasteiger partial charge in [0.2, 0.25) is 0 Å². The minimum Gasteiger partial charge on any atom is -0.233 e. The van der Waals surface area contributed by atoms with Crippen LogP contribution >= 0.6 is 28.5 Å². The maximum absolute atomic E-state index is 15.8. The molecule has 0 aromatic carbocycles. The minimum absolute atomic E-state index is 0.826. The Balaban J connectivity index is 5.46. The molecule has 0 aliphatic rings. The van der Waals surface area contributed by atoms with E-state index in [0.29, 0.717) is 0 Å². The van der Waals surface area contributed by atoms with E-state index in [1.54, 1.807) is 0 Å². The molecule has 0 saturated carbocycles. The van der Waals surface area contributed by atoms with Gasteiger partial charge in [0.25, 0.3) is 0 Å². The van der Waals surface area contributed by atoms with Crippen LogP contribution in [0.2, 0.25) is 0 Å². The lowest BCUT2D eigenvalue weighted by Gasteiger charge is -2.43. The molecular weight excluding hydrogens is 474 g/mol. The molecule has 0 fully saturated rings. The van der Waals surface area contributed by atoms with E-state index in [2.05, 4.69) is 41.5 Å². The fourth-order valence-electron chi connectivity index (χ4n) is 4.65. The number of hydrogen-bond acceptors (Lipinski definition) is 3. The van der Waals surface area contributed by atoms with Gasteiger partial charge < -0.3 is 0 Å². The average molecular weight is 533 g/mol. The molecule has 0 rings (SSSR count). The molecule has 0 aliphatic heterocycles. The van der Waals surface area contributed by atoms with Crippen LogP contribution in [0.4, 0.5) is 4.20 Å². The van der Waals surface area contributed by atoms with Crippen LogP contribution in [-0.4, -0.2) is 34.5 Å². The van der Waals surface area contributed by atoms with Crippen LogP contribution in [0, 0.1) is 0 Å². The first-order valence-electron chi connectivity index (χ1n) is 14.0. The first-order valence-corrected chi connectivity index (χ1v) is 19.6. The summed E-state index contributed by atoms with van der Waals surface area (Å²) in [6.45, 7) is 12.9. The van der Waals surface area contributed by atoms with Crippen molar-refractivity contribution in [3.63, 3.8) is 0 Å².